The first-order chi connectivity index (χ1) is 17.8. The molecule has 7 heteroatoms. The van der Waals surface area contributed by atoms with Crippen LogP contribution in [0.25, 0.3) is 21.9 Å². The van der Waals surface area contributed by atoms with Crippen molar-refractivity contribution in [1.29, 1.82) is 0 Å². The Kier molecular flexibility index (Phi) is 6.63. The molecule has 37 heavy (non-hydrogen) atoms. The van der Waals surface area contributed by atoms with E-state index in [2.05, 4.69) is 11.9 Å². The molecule has 0 fully saturated rings. The van der Waals surface area contributed by atoms with Gasteiger partial charge < -0.3 is 19.0 Å². The number of hydrogen-bond acceptors (Lipinski definition) is 5. The average molecular weight is 501 g/mol. The molecule has 1 amide bonds. The number of carbonyl (C=O) groups is 2. The summed E-state index contributed by atoms with van der Waals surface area (Å²) in [7, 11) is 0. The number of nitrogens with zero attached hydrogens (tertiary/aromatic N) is 1. The summed E-state index contributed by atoms with van der Waals surface area (Å²) in [5.74, 6) is 0.196. The SMILES string of the molecule is CCCCc1cc(=O)oc2cc(C)cc(O[C@H](C)C(=O)N3Cc4[nH]c5ccccc5c4C[C@H]3C(C)=O)c12. The topological polar surface area (TPSA) is 92.6 Å². The van der Waals surface area contributed by atoms with Gasteiger partial charge >= 0.3 is 5.63 Å². The molecule has 0 bridgehead atoms. The highest BCUT2D eigenvalue weighted by atomic mass is 16.5. The molecule has 2 atom stereocenters. The molecular weight excluding hydrogens is 468 g/mol. The van der Waals surface area contributed by atoms with Crippen molar-refractivity contribution < 1.29 is 18.7 Å². The fourth-order valence-electron chi connectivity index (χ4n) is 5.40. The van der Waals surface area contributed by atoms with E-state index >= 15 is 0 Å². The number of benzene rings is 2. The maximum absolute atomic E-state index is 13.7. The van der Waals surface area contributed by atoms with E-state index in [0.29, 0.717) is 30.7 Å². The third-order valence-electron chi connectivity index (χ3n) is 7.24. The van der Waals surface area contributed by atoms with Crippen molar-refractivity contribution in [3.05, 3.63) is 75.3 Å². The molecule has 2 aromatic carbocycles. The van der Waals surface area contributed by atoms with Gasteiger partial charge in [0.15, 0.2) is 11.9 Å². The van der Waals surface area contributed by atoms with Crippen LogP contribution in [0, 0.1) is 6.92 Å². The molecule has 7 nitrogen and oxygen atoms in total. The largest absolute Gasteiger partial charge is 0.480 e. The predicted octanol–water partition coefficient (Wildman–Crippen LogP) is 5.24. The Bertz CT molecular complexity index is 1560. The lowest BCUT2D eigenvalue weighted by atomic mass is 9.94. The Morgan fingerprint density at radius 1 is 1.22 bits per heavy atom. The first-order valence-electron chi connectivity index (χ1n) is 12.9. The summed E-state index contributed by atoms with van der Waals surface area (Å²) in [6.45, 7) is 7.54. The van der Waals surface area contributed by atoms with Crippen LogP contribution in [0.1, 0.15) is 56.0 Å². The number of unbranched alkanes of at least 4 members (excludes halogenated alkanes) is 1. The Hall–Kier alpha value is -3.87. The summed E-state index contributed by atoms with van der Waals surface area (Å²) in [4.78, 5) is 43.6. The third-order valence-corrected chi connectivity index (χ3v) is 7.24. The first kappa shape index (κ1) is 24.8. The molecule has 0 radical (unpaired) electrons. The second-order valence-corrected chi connectivity index (χ2v) is 10.0. The van der Waals surface area contributed by atoms with E-state index in [1.165, 1.54) is 13.0 Å². The molecule has 1 N–H and O–H groups in total. The summed E-state index contributed by atoms with van der Waals surface area (Å²) >= 11 is 0. The number of carbonyl (C=O) groups excluding carboxylic acids is 2. The number of aromatic nitrogens is 1. The number of rotatable bonds is 7. The molecule has 0 spiro atoms. The molecule has 192 valence electrons. The quantitative estimate of drug-likeness (QED) is 0.351. The number of ether oxygens (including phenoxy) is 1. The van der Waals surface area contributed by atoms with Gasteiger partial charge in [0.1, 0.15) is 11.3 Å². The van der Waals surface area contributed by atoms with Crippen LogP contribution in [0.2, 0.25) is 0 Å². The Morgan fingerprint density at radius 3 is 2.76 bits per heavy atom. The van der Waals surface area contributed by atoms with Gasteiger partial charge in [-0.2, -0.15) is 0 Å². The fourth-order valence-corrected chi connectivity index (χ4v) is 5.40. The van der Waals surface area contributed by atoms with Crippen molar-refractivity contribution in [2.75, 3.05) is 0 Å². The lowest BCUT2D eigenvalue weighted by Crippen LogP contribution is -2.51. The zero-order valence-electron chi connectivity index (χ0n) is 21.7. The molecular formula is C30H32N2O5. The van der Waals surface area contributed by atoms with Gasteiger partial charge in [-0.15, -0.1) is 0 Å². The van der Waals surface area contributed by atoms with Crippen molar-refractivity contribution in [3.8, 4) is 5.75 Å². The summed E-state index contributed by atoms with van der Waals surface area (Å²) in [5, 5.41) is 1.81. The van der Waals surface area contributed by atoms with Gasteiger partial charge in [0.2, 0.25) is 0 Å². The summed E-state index contributed by atoms with van der Waals surface area (Å²) < 4.78 is 11.8. The smallest absolute Gasteiger partial charge is 0.336 e. The molecule has 3 heterocycles. The molecule has 1 aliphatic rings. The van der Waals surface area contributed by atoms with Gasteiger partial charge in [0, 0.05) is 29.1 Å². The van der Waals surface area contributed by atoms with Crippen LogP contribution in [-0.4, -0.2) is 33.7 Å². The maximum atomic E-state index is 13.7. The van der Waals surface area contributed by atoms with Crippen molar-refractivity contribution in [3.63, 3.8) is 0 Å². The minimum absolute atomic E-state index is 0.0545. The minimum atomic E-state index is -0.844. The van der Waals surface area contributed by atoms with Crippen LogP contribution in [0.3, 0.4) is 0 Å². The van der Waals surface area contributed by atoms with Crippen molar-refractivity contribution in [2.45, 2.75) is 72.1 Å². The van der Waals surface area contributed by atoms with Gasteiger partial charge in [0.05, 0.1) is 18.0 Å². The Labute approximate surface area is 215 Å². The number of ketones is 1. The van der Waals surface area contributed by atoms with Crippen molar-refractivity contribution in [1.82, 2.24) is 9.88 Å². The van der Waals surface area contributed by atoms with E-state index in [1.807, 2.05) is 43.3 Å². The molecule has 4 aromatic rings. The van der Waals surface area contributed by atoms with E-state index in [1.54, 1.807) is 11.8 Å². The molecule has 0 saturated carbocycles. The van der Waals surface area contributed by atoms with Gasteiger partial charge in [-0.1, -0.05) is 31.5 Å². The number of Topliss-reactive ketones (excluding diaryl/α,β-unsaturated/α-hetero) is 1. The van der Waals surface area contributed by atoms with E-state index in [0.717, 1.165) is 51.5 Å². The van der Waals surface area contributed by atoms with E-state index < -0.39 is 17.8 Å². The average Bonchev–Trinajstić information content (AvgIpc) is 3.23. The fraction of sp³-hybridized carbons (Fsp3) is 0.367. The normalized spacial score (nSPS) is 16.1. The molecule has 5 rings (SSSR count). The molecule has 2 aromatic heterocycles. The predicted molar refractivity (Wildman–Crippen MR) is 143 cm³/mol. The van der Waals surface area contributed by atoms with Crippen molar-refractivity contribution >= 4 is 33.6 Å². The van der Waals surface area contributed by atoms with E-state index in [4.69, 9.17) is 9.15 Å². The standard InChI is InChI=1S/C30H32N2O5/c1-5-6-9-20-14-28(34)37-27-13-17(2)12-26(29(20)27)36-19(4)30(35)32-16-24-22(15-25(32)18(3)33)21-10-7-8-11-23(21)31-24/h7-8,10-14,19,25,31H,5-6,9,15-16H2,1-4H3/t19-,25+/m1/s1. The lowest BCUT2D eigenvalue weighted by Gasteiger charge is -2.36. The van der Waals surface area contributed by atoms with Gasteiger partial charge in [-0.05, 0) is 68.5 Å². The highest BCUT2D eigenvalue weighted by Crippen LogP contribution is 2.34. The van der Waals surface area contributed by atoms with E-state index in [9.17, 15) is 14.4 Å². The zero-order chi connectivity index (χ0) is 26.3. The van der Waals surface area contributed by atoms with Crippen molar-refractivity contribution in [2.24, 2.45) is 0 Å². The van der Waals surface area contributed by atoms with Gasteiger partial charge in [-0.25, -0.2) is 4.79 Å². The van der Waals surface area contributed by atoms with Crippen LogP contribution >= 0.6 is 0 Å². The molecule has 0 aliphatic carbocycles. The van der Waals surface area contributed by atoms with Gasteiger partial charge in [0.25, 0.3) is 5.91 Å². The monoisotopic (exact) mass is 500 g/mol. The first-order valence-corrected chi connectivity index (χ1v) is 12.9. The second kappa shape index (κ2) is 9.88. The van der Waals surface area contributed by atoms with Crippen LogP contribution in [0.15, 0.2) is 51.7 Å². The highest BCUT2D eigenvalue weighted by Gasteiger charge is 2.37. The van der Waals surface area contributed by atoms with Crippen LogP contribution in [-0.2, 0) is 29.0 Å². The molecule has 1 aliphatic heterocycles. The second-order valence-electron chi connectivity index (χ2n) is 10.0. The summed E-state index contributed by atoms with van der Waals surface area (Å²) in [5.41, 5.74) is 4.81. The lowest BCUT2D eigenvalue weighted by molar-refractivity contribution is -0.145. The number of para-hydroxylation sites is 1. The Balaban J connectivity index is 1.48. The zero-order valence-corrected chi connectivity index (χ0v) is 21.7. The number of fused-ring (bicyclic) bond motifs is 4. The Morgan fingerprint density at radius 2 is 2.00 bits per heavy atom. The number of hydrogen-bond donors (Lipinski definition) is 1. The number of aryl methyl sites for hydroxylation is 2. The summed E-state index contributed by atoms with van der Waals surface area (Å²) in [6.07, 6.45) is 2.23. The van der Waals surface area contributed by atoms with Crippen LogP contribution in [0.4, 0.5) is 0 Å². The van der Waals surface area contributed by atoms with Crippen LogP contribution < -0.4 is 10.4 Å². The molecule has 0 unspecified atom stereocenters. The number of H-pyrrole nitrogens is 1. The molecule has 0 saturated heterocycles. The van der Waals surface area contributed by atoms with Gasteiger partial charge in [-0.3, -0.25) is 9.59 Å². The maximum Gasteiger partial charge on any atom is 0.336 e. The minimum Gasteiger partial charge on any atom is -0.480 e. The number of nitrogens with one attached hydrogen (secondary N) is 1. The van der Waals surface area contributed by atoms with Crippen LogP contribution in [0.5, 0.6) is 5.75 Å². The third kappa shape index (κ3) is 4.66. The highest BCUT2D eigenvalue weighted by molar-refractivity contribution is 5.93. The summed E-state index contributed by atoms with van der Waals surface area (Å²) in [6, 6.07) is 12.6. The van der Waals surface area contributed by atoms with E-state index in [-0.39, 0.29) is 11.7 Å². The number of aromatic amines is 1. The number of amides is 1.